The molecule has 0 spiro atoms. The lowest BCUT2D eigenvalue weighted by Gasteiger charge is -2.15. The lowest BCUT2D eigenvalue weighted by atomic mass is 10.1. The maximum atomic E-state index is 13.2. The molecule has 1 amide bonds. The van der Waals surface area contributed by atoms with Crippen LogP contribution in [0.1, 0.15) is 22.0 Å². The zero-order valence-corrected chi connectivity index (χ0v) is 10.7. The molecule has 0 saturated carbocycles. The highest BCUT2D eigenvalue weighted by Crippen LogP contribution is 2.17. The van der Waals surface area contributed by atoms with E-state index in [-0.39, 0.29) is 11.1 Å². The lowest BCUT2D eigenvalue weighted by molar-refractivity contribution is -0.139. The van der Waals surface area contributed by atoms with E-state index in [9.17, 15) is 18.4 Å². The summed E-state index contributed by atoms with van der Waals surface area (Å²) in [5.74, 6) is -4.25. The van der Waals surface area contributed by atoms with E-state index >= 15 is 0 Å². The molecule has 2 N–H and O–H groups in total. The van der Waals surface area contributed by atoms with Gasteiger partial charge in [0.1, 0.15) is 0 Å². The number of nitrogens with one attached hydrogen (secondary N) is 1. The van der Waals surface area contributed by atoms with Crippen LogP contribution in [0.25, 0.3) is 0 Å². The first-order chi connectivity index (χ1) is 9.99. The van der Waals surface area contributed by atoms with Gasteiger partial charge in [-0.15, -0.1) is 0 Å². The van der Waals surface area contributed by atoms with Gasteiger partial charge in [0.2, 0.25) is 0 Å². The van der Waals surface area contributed by atoms with E-state index < -0.39 is 29.6 Å². The molecule has 0 aliphatic rings. The molecular weight excluding hydrogens is 280 g/mol. The summed E-state index contributed by atoms with van der Waals surface area (Å²) in [6.45, 7) is 0. The average molecular weight is 291 g/mol. The number of carbonyl (C=O) groups excluding carboxylic acids is 1. The minimum Gasteiger partial charge on any atom is -0.479 e. The molecule has 0 aliphatic carbocycles. The van der Waals surface area contributed by atoms with Crippen molar-refractivity contribution in [3.63, 3.8) is 0 Å². The first-order valence-electron chi connectivity index (χ1n) is 6.02. The van der Waals surface area contributed by atoms with Crippen molar-refractivity contribution >= 4 is 11.9 Å². The second-order valence-electron chi connectivity index (χ2n) is 4.28. The Labute approximate surface area is 119 Å². The van der Waals surface area contributed by atoms with Crippen molar-refractivity contribution in [3.05, 3.63) is 71.3 Å². The Hall–Kier alpha value is -2.76. The number of hydrogen-bond donors (Lipinski definition) is 2. The second kappa shape index (κ2) is 6.13. The van der Waals surface area contributed by atoms with Gasteiger partial charge in [-0.25, -0.2) is 13.6 Å². The van der Waals surface area contributed by atoms with Gasteiger partial charge in [-0.05, 0) is 29.8 Å². The average Bonchev–Trinajstić information content (AvgIpc) is 2.48. The number of amides is 1. The van der Waals surface area contributed by atoms with Crippen LogP contribution in [0.4, 0.5) is 8.78 Å². The van der Waals surface area contributed by atoms with Crippen LogP contribution < -0.4 is 5.32 Å². The molecule has 0 radical (unpaired) electrons. The molecule has 2 aromatic rings. The van der Waals surface area contributed by atoms with Gasteiger partial charge in [0.25, 0.3) is 5.91 Å². The van der Waals surface area contributed by atoms with Crippen molar-refractivity contribution in [1.82, 2.24) is 5.32 Å². The zero-order chi connectivity index (χ0) is 15.4. The fourth-order valence-electron chi connectivity index (χ4n) is 1.78. The van der Waals surface area contributed by atoms with Gasteiger partial charge in [-0.1, -0.05) is 24.3 Å². The van der Waals surface area contributed by atoms with Gasteiger partial charge in [-0.2, -0.15) is 0 Å². The van der Waals surface area contributed by atoms with E-state index in [1.54, 1.807) is 18.2 Å². The molecule has 2 rings (SSSR count). The maximum absolute atomic E-state index is 13.2. The molecule has 1 atom stereocenters. The highest BCUT2D eigenvalue weighted by atomic mass is 19.2. The Morgan fingerprint density at radius 3 is 2.24 bits per heavy atom. The standard InChI is InChI=1S/C15H11F2NO3/c16-11-7-6-10(8-12(11)17)13(15(20)21)18-14(19)9-4-2-1-3-5-9/h1-8,13H,(H,18,19)(H,20,21)/t13-/m1/s1. The van der Waals surface area contributed by atoms with Crippen LogP contribution in [-0.4, -0.2) is 17.0 Å². The fourth-order valence-corrected chi connectivity index (χ4v) is 1.78. The van der Waals surface area contributed by atoms with Crippen LogP contribution in [0.3, 0.4) is 0 Å². The van der Waals surface area contributed by atoms with Crippen LogP contribution in [0, 0.1) is 11.6 Å². The third kappa shape index (κ3) is 3.42. The highest BCUT2D eigenvalue weighted by Gasteiger charge is 2.23. The Balaban J connectivity index is 2.26. The van der Waals surface area contributed by atoms with Crippen molar-refractivity contribution in [3.8, 4) is 0 Å². The lowest BCUT2D eigenvalue weighted by Crippen LogP contribution is -2.33. The van der Waals surface area contributed by atoms with E-state index in [2.05, 4.69) is 5.32 Å². The molecule has 0 unspecified atom stereocenters. The Bertz CT molecular complexity index is 674. The monoisotopic (exact) mass is 291 g/mol. The fraction of sp³-hybridized carbons (Fsp3) is 0.0667. The molecule has 0 fully saturated rings. The third-order valence-corrected chi connectivity index (χ3v) is 2.84. The number of benzene rings is 2. The van der Waals surface area contributed by atoms with Crippen LogP contribution in [0.15, 0.2) is 48.5 Å². The van der Waals surface area contributed by atoms with E-state index in [1.807, 2.05) is 0 Å². The summed E-state index contributed by atoms with van der Waals surface area (Å²) in [6, 6.07) is 9.20. The predicted molar refractivity (Wildman–Crippen MR) is 70.6 cm³/mol. The van der Waals surface area contributed by atoms with Gasteiger partial charge in [0.05, 0.1) is 0 Å². The van der Waals surface area contributed by atoms with E-state index in [1.165, 1.54) is 12.1 Å². The summed E-state index contributed by atoms with van der Waals surface area (Å²) in [7, 11) is 0. The molecular formula is C15H11F2NO3. The molecule has 0 aliphatic heterocycles. The molecule has 0 heterocycles. The molecule has 0 saturated heterocycles. The van der Waals surface area contributed by atoms with Crippen LogP contribution in [0.2, 0.25) is 0 Å². The molecule has 4 nitrogen and oxygen atoms in total. The van der Waals surface area contributed by atoms with Crippen LogP contribution in [-0.2, 0) is 4.79 Å². The smallest absolute Gasteiger partial charge is 0.330 e. The van der Waals surface area contributed by atoms with Gasteiger partial charge in [-0.3, -0.25) is 4.79 Å². The minimum absolute atomic E-state index is 0.0503. The van der Waals surface area contributed by atoms with Crippen molar-refractivity contribution < 1.29 is 23.5 Å². The Kier molecular flexibility index (Phi) is 4.27. The SMILES string of the molecule is O=C(N[C@@H](C(=O)O)c1ccc(F)c(F)c1)c1ccccc1. The van der Waals surface area contributed by atoms with E-state index in [4.69, 9.17) is 5.11 Å². The van der Waals surface area contributed by atoms with Gasteiger partial charge in [0.15, 0.2) is 17.7 Å². The molecule has 21 heavy (non-hydrogen) atoms. The number of hydrogen-bond acceptors (Lipinski definition) is 2. The van der Waals surface area contributed by atoms with Crippen LogP contribution in [0.5, 0.6) is 0 Å². The number of halogens is 2. The van der Waals surface area contributed by atoms with Crippen molar-refractivity contribution in [1.29, 1.82) is 0 Å². The predicted octanol–water partition coefficient (Wildman–Crippen LogP) is 2.52. The second-order valence-corrected chi connectivity index (χ2v) is 4.28. The maximum Gasteiger partial charge on any atom is 0.330 e. The molecule has 2 aromatic carbocycles. The molecule has 6 heteroatoms. The Morgan fingerprint density at radius 2 is 1.67 bits per heavy atom. The number of carbonyl (C=O) groups is 2. The Morgan fingerprint density at radius 1 is 1.00 bits per heavy atom. The topological polar surface area (TPSA) is 66.4 Å². The summed E-state index contributed by atoms with van der Waals surface area (Å²) in [6.07, 6.45) is 0. The normalized spacial score (nSPS) is 11.7. The molecule has 108 valence electrons. The summed E-state index contributed by atoms with van der Waals surface area (Å²) >= 11 is 0. The first-order valence-corrected chi connectivity index (χ1v) is 6.02. The van der Waals surface area contributed by atoms with Crippen molar-refractivity contribution in [2.45, 2.75) is 6.04 Å². The molecule has 0 aromatic heterocycles. The van der Waals surface area contributed by atoms with Gasteiger partial charge >= 0.3 is 5.97 Å². The van der Waals surface area contributed by atoms with E-state index in [0.717, 1.165) is 18.2 Å². The van der Waals surface area contributed by atoms with E-state index in [0.29, 0.717) is 0 Å². The summed E-state index contributed by atoms with van der Waals surface area (Å²) < 4.78 is 26.1. The number of carboxylic acid groups (broad SMARTS) is 1. The number of aliphatic carboxylic acids is 1. The summed E-state index contributed by atoms with van der Waals surface area (Å²) in [5.41, 5.74) is 0.219. The zero-order valence-electron chi connectivity index (χ0n) is 10.7. The summed E-state index contributed by atoms with van der Waals surface area (Å²) in [5, 5.41) is 11.4. The minimum atomic E-state index is -1.46. The summed E-state index contributed by atoms with van der Waals surface area (Å²) in [4.78, 5) is 23.2. The number of carboxylic acids is 1. The van der Waals surface area contributed by atoms with Crippen molar-refractivity contribution in [2.75, 3.05) is 0 Å². The number of rotatable bonds is 4. The highest BCUT2D eigenvalue weighted by molar-refractivity contribution is 5.96. The van der Waals surface area contributed by atoms with Crippen LogP contribution >= 0.6 is 0 Å². The van der Waals surface area contributed by atoms with Gasteiger partial charge < -0.3 is 10.4 Å². The molecule has 0 bridgehead atoms. The van der Waals surface area contributed by atoms with Crippen molar-refractivity contribution in [2.24, 2.45) is 0 Å². The largest absolute Gasteiger partial charge is 0.479 e. The van der Waals surface area contributed by atoms with Gasteiger partial charge in [0, 0.05) is 5.56 Å². The first kappa shape index (κ1) is 14.6. The quantitative estimate of drug-likeness (QED) is 0.909. The third-order valence-electron chi connectivity index (χ3n) is 2.84.